The van der Waals surface area contributed by atoms with E-state index < -0.39 is 22.2 Å². The van der Waals surface area contributed by atoms with Crippen molar-refractivity contribution in [2.45, 2.75) is 76.7 Å². The normalized spacial score (nSPS) is 17.9. The number of rotatable bonds is 16. The lowest BCUT2D eigenvalue weighted by atomic mass is 10.1. The molecule has 2 aliphatic rings. The quantitative estimate of drug-likeness (QED) is 0.141. The molecule has 0 N–H and O–H groups in total. The molecule has 2 aliphatic heterocycles. The third kappa shape index (κ3) is 6.56. The van der Waals surface area contributed by atoms with Crippen molar-refractivity contribution in [1.82, 2.24) is 9.13 Å². The summed E-state index contributed by atoms with van der Waals surface area (Å²) in [4.78, 5) is 75.2. The molecule has 12 heteroatoms. The molecule has 2 atom stereocenters. The smallest absolute Gasteiger partial charge is 0.305 e. The zero-order valence-electron chi connectivity index (χ0n) is 22.2. The molecule has 3 aromatic rings. The van der Waals surface area contributed by atoms with Crippen LogP contribution in [0.25, 0.3) is 21.5 Å². The summed E-state index contributed by atoms with van der Waals surface area (Å²) in [5, 5.41) is 0.473. The summed E-state index contributed by atoms with van der Waals surface area (Å²) < 4.78 is 22.4. The molecule has 0 aliphatic carbocycles. The molecule has 4 heterocycles. The van der Waals surface area contributed by atoms with Crippen LogP contribution >= 0.6 is 0 Å². The summed E-state index contributed by atoms with van der Waals surface area (Å²) >= 11 is 0. The standard InChI is InChI=1S/C28H32N2O10/c31-23(39-15-17-13-37-17)7-3-1-5-9-29-25(33)19-11-21-22(12-20(19)26(29)34)28(36)30(27(21)35)10-6-2-4-8-24(32)40-16-18-14-38-18/h11-12,17-18H,1-10,13-16H2. The van der Waals surface area contributed by atoms with E-state index in [1.165, 1.54) is 12.1 Å². The van der Waals surface area contributed by atoms with Crippen LogP contribution in [-0.2, 0) is 41.6 Å². The Kier molecular flexibility index (Phi) is 8.55. The number of hydrogen-bond donors (Lipinski definition) is 0. The maximum absolute atomic E-state index is 13.0. The zero-order valence-corrected chi connectivity index (χ0v) is 22.2. The van der Waals surface area contributed by atoms with Gasteiger partial charge < -0.3 is 18.9 Å². The van der Waals surface area contributed by atoms with Gasteiger partial charge >= 0.3 is 11.9 Å². The number of aromatic nitrogens is 2. The number of benzene rings is 1. The fraction of sp³-hybridized carbons (Fsp3) is 0.571. The number of fused-ring (bicyclic) bond motifs is 2. The number of hydrogen-bond acceptors (Lipinski definition) is 10. The zero-order chi connectivity index (χ0) is 28.2. The first-order valence-corrected chi connectivity index (χ1v) is 13.8. The van der Waals surface area contributed by atoms with Crippen molar-refractivity contribution >= 4 is 33.5 Å². The highest BCUT2D eigenvalue weighted by atomic mass is 16.6. The minimum atomic E-state index is -0.495. The summed E-state index contributed by atoms with van der Waals surface area (Å²) in [5.41, 5.74) is -1.98. The van der Waals surface area contributed by atoms with Crippen LogP contribution in [0.1, 0.15) is 51.4 Å². The van der Waals surface area contributed by atoms with Gasteiger partial charge in [0.1, 0.15) is 25.4 Å². The fourth-order valence-electron chi connectivity index (χ4n) is 4.76. The predicted molar refractivity (Wildman–Crippen MR) is 143 cm³/mol. The summed E-state index contributed by atoms with van der Waals surface area (Å²) in [7, 11) is 0. The highest BCUT2D eigenvalue weighted by Gasteiger charge is 2.25. The molecule has 0 saturated carbocycles. The lowest BCUT2D eigenvalue weighted by Crippen LogP contribution is -2.26. The Balaban J connectivity index is 1.16. The van der Waals surface area contributed by atoms with Crippen molar-refractivity contribution in [3.05, 3.63) is 53.5 Å². The van der Waals surface area contributed by atoms with Gasteiger partial charge in [-0.05, 0) is 37.8 Å². The monoisotopic (exact) mass is 556 g/mol. The number of nitrogens with zero attached hydrogens (tertiary/aromatic N) is 2. The summed E-state index contributed by atoms with van der Waals surface area (Å²) in [6, 6.07) is 2.70. The maximum Gasteiger partial charge on any atom is 0.305 e. The van der Waals surface area contributed by atoms with Crippen molar-refractivity contribution in [2.24, 2.45) is 0 Å². The molecular formula is C28H32N2O10. The molecule has 0 bridgehead atoms. The average Bonchev–Trinajstić information content (AvgIpc) is 3.87. The first-order valence-electron chi connectivity index (χ1n) is 13.8. The summed E-state index contributed by atoms with van der Waals surface area (Å²) in [6.07, 6.45) is 3.98. The number of carbonyl (C=O) groups excluding carboxylic acids is 2. The molecule has 214 valence electrons. The van der Waals surface area contributed by atoms with Gasteiger partial charge in [0.15, 0.2) is 0 Å². The molecule has 2 saturated heterocycles. The van der Waals surface area contributed by atoms with Crippen molar-refractivity contribution in [2.75, 3.05) is 26.4 Å². The molecule has 1 aromatic carbocycles. The Morgan fingerprint density at radius 3 is 1.30 bits per heavy atom. The van der Waals surface area contributed by atoms with Crippen LogP contribution in [0.2, 0.25) is 0 Å². The highest BCUT2D eigenvalue weighted by molar-refractivity contribution is 5.97. The molecular weight excluding hydrogens is 524 g/mol. The van der Waals surface area contributed by atoms with Crippen LogP contribution in [0.4, 0.5) is 0 Å². The minimum absolute atomic E-state index is 0.0225. The lowest BCUT2D eigenvalue weighted by molar-refractivity contribution is -0.145. The Morgan fingerprint density at radius 1 is 0.625 bits per heavy atom. The second-order valence-corrected chi connectivity index (χ2v) is 10.4. The van der Waals surface area contributed by atoms with E-state index in [1.54, 1.807) is 0 Å². The molecule has 2 fully saturated rings. The van der Waals surface area contributed by atoms with Gasteiger partial charge in [-0.15, -0.1) is 0 Å². The molecule has 2 aromatic heterocycles. The van der Waals surface area contributed by atoms with Crippen LogP contribution in [0, 0.1) is 0 Å². The van der Waals surface area contributed by atoms with E-state index in [4.69, 9.17) is 18.9 Å². The lowest BCUT2D eigenvalue weighted by Gasteiger charge is -2.03. The topological polar surface area (TPSA) is 156 Å². The van der Waals surface area contributed by atoms with Gasteiger partial charge in [-0.3, -0.25) is 37.9 Å². The summed E-state index contributed by atoms with van der Waals surface area (Å²) in [5.74, 6) is -0.595. The van der Waals surface area contributed by atoms with Crippen LogP contribution in [0.3, 0.4) is 0 Å². The van der Waals surface area contributed by atoms with E-state index in [9.17, 15) is 28.8 Å². The number of unbranched alkanes of at least 4 members (excludes halogenated alkanes) is 4. The first-order chi connectivity index (χ1) is 19.3. The van der Waals surface area contributed by atoms with E-state index in [0.29, 0.717) is 51.7 Å². The first kappa shape index (κ1) is 27.9. The number of ether oxygens (including phenoxy) is 4. The van der Waals surface area contributed by atoms with E-state index in [0.717, 1.165) is 9.13 Å². The van der Waals surface area contributed by atoms with Gasteiger partial charge in [0.05, 0.1) is 34.8 Å². The largest absolute Gasteiger partial charge is 0.463 e. The molecule has 12 nitrogen and oxygen atoms in total. The molecule has 40 heavy (non-hydrogen) atoms. The molecule has 0 radical (unpaired) electrons. The Hall–Kier alpha value is -3.64. The maximum atomic E-state index is 13.0. The Morgan fingerprint density at radius 2 is 0.975 bits per heavy atom. The van der Waals surface area contributed by atoms with Crippen LogP contribution in [0.5, 0.6) is 0 Å². The van der Waals surface area contributed by atoms with Crippen LogP contribution in [-0.4, -0.2) is 59.7 Å². The molecule has 0 amide bonds. The van der Waals surface area contributed by atoms with Crippen LogP contribution in [0.15, 0.2) is 31.3 Å². The fourth-order valence-corrected chi connectivity index (χ4v) is 4.76. The predicted octanol–water partition coefficient (Wildman–Crippen LogP) is 0.917. The van der Waals surface area contributed by atoms with E-state index in [1.807, 2.05) is 0 Å². The van der Waals surface area contributed by atoms with E-state index >= 15 is 0 Å². The van der Waals surface area contributed by atoms with Gasteiger partial charge in [-0.2, -0.15) is 0 Å². The molecule has 0 spiro atoms. The molecule has 5 rings (SSSR count). The number of carbonyl (C=O) groups is 2. The summed E-state index contributed by atoms with van der Waals surface area (Å²) in [6.45, 7) is 2.14. The van der Waals surface area contributed by atoms with Gasteiger partial charge in [0, 0.05) is 25.9 Å². The van der Waals surface area contributed by atoms with Crippen molar-refractivity contribution < 1.29 is 28.5 Å². The van der Waals surface area contributed by atoms with E-state index in [-0.39, 0.29) is 84.8 Å². The van der Waals surface area contributed by atoms with Crippen molar-refractivity contribution in [3.63, 3.8) is 0 Å². The minimum Gasteiger partial charge on any atom is -0.463 e. The van der Waals surface area contributed by atoms with Gasteiger partial charge in [-0.25, -0.2) is 0 Å². The third-order valence-electron chi connectivity index (χ3n) is 7.25. The van der Waals surface area contributed by atoms with Crippen molar-refractivity contribution in [3.8, 4) is 0 Å². The third-order valence-corrected chi connectivity index (χ3v) is 7.25. The number of esters is 2. The Labute approximate surface area is 228 Å². The number of epoxide rings is 2. The SMILES string of the molecule is O=C(CCCCCn1c(=O)c2cc3c(=O)n(CCCCCC(=O)OCC4CO4)c(=O)c3cc2c1=O)OCC1CO1. The average molecular weight is 557 g/mol. The second-order valence-electron chi connectivity index (χ2n) is 10.4. The van der Waals surface area contributed by atoms with Gasteiger partial charge in [0.25, 0.3) is 22.2 Å². The van der Waals surface area contributed by atoms with Gasteiger partial charge in [-0.1, -0.05) is 12.8 Å². The van der Waals surface area contributed by atoms with Gasteiger partial charge in [0.2, 0.25) is 0 Å². The van der Waals surface area contributed by atoms with Crippen LogP contribution < -0.4 is 22.2 Å². The van der Waals surface area contributed by atoms with E-state index in [2.05, 4.69) is 0 Å². The molecule has 2 unspecified atom stereocenters. The van der Waals surface area contributed by atoms with Crippen molar-refractivity contribution in [1.29, 1.82) is 0 Å². The second kappa shape index (κ2) is 12.3. The highest BCUT2D eigenvalue weighted by Crippen LogP contribution is 2.16. The Bertz CT molecular complexity index is 1410.